The largest absolute Gasteiger partial charge is 0.311 e. The fourth-order valence-corrected chi connectivity index (χ4v) is 10.8. The van der Waals surface area contributed by atoms with Gasteiger partial charge in [-0.1, -0.05) is 166 Å². The van der Waals surface area contributed by atoms with Gasteiger partial charge < -0.3 is 14.7 Å². The molecule has 0 bridgehead atoms. The predicted molar refractivity (Wildman–Crippen MR) is 279 cm³/mol. The molecule has 9 rings (SSSR count). The molecule has 0 spiro atoms. The molecular formula is C58H64BN3Si. The van der Waals surface area contributed by atoms with Gasteiger partial charge in [0.15, 0.2) is 0 Å². The molecule has 7 aromatic carbocycles. The van der Waals surface area contributed by atoms with Gasteiger partial charge in [-0.2, -0.15) is 0 Å². The third kappa shape index (κ3) is 7.63. The van der Waals surface area contributed by atoms with E-state index >= 15 is 0 Å². The van der Waals surface area contributed by atoms with Gasteiger partial charge in [0.25, 0.3) is 6.71 Å². The summed E-state index contributed by atoms with van der Waals surface area (Å²) in [6.07, 6.45) is 0. The lowest BCUT2D eigenvalue weighted by Crippen LogP contribution is -2.62. The molecule has 0 fully saturated rings. The first-order valence-electron chi connectivity index (χ1n) is 22.9. The highest BCUT2D eigenvalue weighted by atomic mass is 28.3. The Morgan fingerprint density at radius 1 is 0.444 bits per heavy atom. The van der Waals surface area contributed by atoms with Crippen molar-refractivity contribution in [3.8, 4) is 0 Å². The molecule has 63 heavy (non-hydrogen) atoms. The first kappa shape index (κ1) is 42.5. The molecule has 0 aromatic heterocycles. The molecule has 7 aromatic rings. The monoisotopic (exact) mass is 841 g/mol. The second kappa shape index (κ2) is 15.2. The van der Waals surface area contributed by atoms with Crippen LogP contribution in [-0.2, 0) is 16.2 Å². The summed E-state index contributed by atoms with van der Waals surface area (Å²) in [6, 6.07) is 58.2. The van der Waals surface area contributed by atoms with E-state index in [-0.39, 0.29) is 23.0 Å². The maximum atomic E-state index is 2.58. The Morgan fingerprint density at radius 2 is 0.952 bits per heavy atom. The summed E-state index contributed by atoms with van der Waals surface area (Å²) in [5.41, 5.74) is 20.2. The van der Waals surface area contributed by atoms with Crippen LogP contribution in [0.1, 0.15) is 84.6 Å². The van der Waals surface area contributed by atoms with Crippen LogP contribution < -0.4 is 36.3 Å². The Kier molecular flexibility index (Phi) is 10.3. The van der Waals surface area contributed by atoms with Crippen molar-refractivity contribution >= 4 is 87.5 Å². The van der Waals surface area contributed by atoms with E-state index in [0.29, 0.717) is 0 Å². The molecule has 0 N–H and O–H groups in total. The summed E-state index contributed by atoms with van der Waals surface area (Å²) in [4.78, 5) is 7.62. The third-order valence-corrected chi connectivity index (χ3v) is 15.4. The van der Waals surface area contributed by atoms with Crippen molar-refractivity contribution in [3.63, 3.8) is 0 Å². The average Bonchev–Trinajstić information content (AvgIpc) is 3.23. The Balaban J connectivity index is 1.36. The first-order valence-corrected chi connectivity index (χ1v) is 26.4. The number of benzene rings is 7. The average molecular weight is 842 g/mol. The lowest BCUT2D eigenvalue weighted by Gasteiger charge is -2.45. The van der Waals surface area contributed by atoms with Crippen LogP contribution in [0, 0.1) is 6.92 Å². The van der Waals surface area contributed by atoms with E-state index in [1.807, 2.05) is 0 Å². The lowest BCUT2D eigenvalue weighted by atomic mass is 9.33. The molecule has 2 heterocycles. The van der Waals surface area contributed by atoms with Gasteiger partial charge in [0, 0.05) is 51.2 Å². The summed E-state index contributed by atoms with van der Waals surface area (Å²) in [5.74, 6) is 0. The molecule has 0 aliphatic carbocycles. The quantitative estimate of drug-likeness (QED) is 0.154. The Morgan fingerprint density at radius 3 is 1.52 bits per heavy atom. The highest BCUT2D eigenvalue weighted by Gasteiger charge is 2.45. The van der Waals surface area contributed by atoms with E-state index in [1.165, 1.54) is 78.0 Å². The van der Waals surface area contributed by atoms with Crippen molar-refractivity contribution in [2.75, 3.05) is 14.7 Å². The van der Waals surface area contributed by atoms with Gasteiger partial charge in [-0.05, 0) is 135 Å². The number of nitrogens with zero attached hydrogens (tertiary/aromatic N) is 3. The van der Waals surface area contributed by atoms with Crippen molar-refractivity contribution in [1.29, 1.82) is 0 Å². The Labute approximate surface area is 379 Å². The van der Waals surface area contributed by atoms with Gasteiger partial charge in [-0.25, -0.2) is 0 Å². The Bertz CT molecular complexity index is 2830. The number of fused-ring (bicyclic) bond motifs is 4. The van der Waals surface area contributed by atoms with Crippen molar-refractivity contribution in [3.05, 3.63) is 174 Å². The topological polar surface area (TPSA) is 9.72 Å². The predicted octanol–water partition coefficient (Wildman–Crippen LogP) is 14.0. The number of aryl methyl sites for hydroxylation is 1. The molecule has 318 valence electrons. The van der Waals surface area contributed by atoms with E-state index in [9.17, 15) is 0 Å². The summed E-state index contributed by atoms with van der Waals surface area (Å²) >= 11 is 0. The minimum atomic E-state index is -1.85. The molecule has 0 unspecified atom stereocenters. The van der Waals surface area contributed by atoms with Gasteiger partial charge in [0.2, 0.25) is 0 Å². The van der Waals surface area contributed by atoms with Crippen LogP contribution in [0.4, 0.5) is 51.2 Å². The van der Waals surface area contributed by atoms with Gasteiger partial charge in [0.05, 0.1) is 8.07 Å². The molecular weight excluding hydrogens is 778 g/mol. The van der Waals surface area contributed by atoms with Gasteiger partial charge in [-0.15, -0.1) is 0 Å². The van der Waals surface area contributed by atoms with Crippen LogP contribution in [0.2, 0.25) is 19.6 Å². The van der Waals surface area contributed by atoms with Crippen LogP contribution in [-0.4, -0.2) is 14.8 Å². The standard InChI is InChI=1S/C58H64BN3Si/c1-39-19-17-18-22-50(39)60(44-28-23-40(24-29-44)56(2,3)4)46-32-33-48-52(36-46)62(43-20-15-14-16-21-43)54-38-47(63(11,12)13)37-53-55(54)59(48)49-35-42(58(8,9)10)27-34-51(49)61(53)45-30-25-41(26-31-45)57(5,6)7/h14-38H,1-13H3. The van der Waals surface area contributed by atoms with Crippen molar-refractivity contribution in [2.24, 2.45) is 0 Å². The van der Waals surface area contributed by atoms with Gasteiger partial charge >= 0.3 is 0 Å². The van der Waals surface area contributed by atoms with E-state index in [4.69, 9.17) is 0 Å². The minimum absolute atomic E-state index is 0.0208. The highest BCUT2D eigenvalue weighted by Crippen LogP contribution is 2.47. The second-order valence-corrected chi connectivity index (χ2v) is 27.2. The summed E-state index contributed by atoms with van der Waals surface area (Å²) in [6.45, 7) is 30.5. The molecule has 2 aliphatic rings. The number of hydrogen-bond acceptors (Lipinski definition) is 3. The zero-order chi connectivity index (χ0) is 44.8. The smallest absolute Gasteiger partial charge is 0.252 e. The first-order chi connectivity index (χ1) is 29.7. The zero-order valence-electron chi connectivity index (χ0n) is 39.9. The molecule has 0 radical (unpaired) electrons. The maximum absolute atomic E-state index is 2.58. The SMILES string of the molecule is Cc1ccccc1N(c1ccc(C(C)(C)C)cc1)c1ccc2c(c1)N(c1ccccc1)c1cc([Si](C)(C)C)cc3c1B2c1cc(C(C)(C)C)ccc1N3c1ccc(C(C)(C)C)cc1. The number of rotatable bonds is 6. The van der Waals surface area contributed by atoms with Crippen molar-refractivity contribution in [1.82, 2.24) is 0 Å². The van der Waals surface area contributed by atoms with Gasteiger partial charge in [0.1, 0.15) is 0 Å². The molecule has 0 saturated heterocycles. The van der Waals surface area contributed by atoms with Crippen LogP contribution >= 0.6 is 0 Å². The number of hydrogen-bond donors (Lipinski definition) is 0. The second-order valence-electron chi connectivity index (χ2n) is 22.1. The fourth-order valence-electron chi connectivity index (χ4n) is 9.62. The molecule has 3 nitrogen and oxygen atoms in total. The third-order valence-electron chi connectivity index (χ3n) is 13.4. The highest BCUT2D eigenvalue weighted by molar-refractivity contribution is 7.00. The summed E-state index contributed by atoms with van der Waals surface area (Å²) in [7, 11) is -1.85. The van der Waals surface area contributed by atoms with E-state index < -0.39 is 8.07 Å². The molecule has 0 amide bonds. The number of para-hydroxylation sites is 2. The molecule has 5 heteroatoms. The van der Waals surface area contributed by atoms with Crippen LogP contribution in [0.3, 0.4) is 0 Å². The van der Waals surface area contributed by atoms with Gasteiger partial charge in [-0.3, -0.25) is 0 Å². The van der Waals surface area contributed by atoms with Crippen LogP contribution in [0.25, 0.3) is 0 Å². The van der Waals surface area contributed by atoms with E-state index in [1.54, 1.807) is 0 Å². The zero-order valence-corrected chi connectivity index (χ0v) is 40.9. The van der Waals surface area contributed by atoms with E-state index in [2.05, 4.69) is 255 Å². The fraction of sp³-hybridized carbons (Fsp3) is 0.276. The van der Waals surface area contributed by atoms with E-state index in [0.717, 1.165) is 17.1 Å². The van der Waals surface area contributed by atoms with Crippen LogP contribution in [0.15, 0.2) is 152 Å². The number of anilines is 9. The summed E-state index contributed by atoms with van der Waals surface area (Å²) in [5, 5.41) is 1.45. The summed E-state index contributed by atoms with van der Waals surface area (Å²) < 4.78 is 0. The molecule has 2 aliphatic heterocycles. The van der Waals surface area contributed by atoms with Crippen molar-refractivity contribution in [2.45, 2.75) is 105 Å². The normalized spacial score (nSPS) is 13.7. The van der Waals surface area contributed by atoms with Crippen molar-refractivity contribution < 1.29 is 0 Å². The molecule has 0 atom stereocenters. The Hall–Kier alpha value is -5.78. The lowest BCUT2D eigenvalue weighted by molar-refractivity contribution is 0.590. The van der Waals surface area contributed by atoms with Crippen LogP contribution in [0.5, 0.6) is 0 Å². The maximum Gasteiger partial charge on any atom is 0.252 e. The minimum Gasteiger partial charge on any atom is -0.311 e. The molecule has 0 saturated carbocycles.